The molecule has 1 aliphatic heterocycles. The van der Waals surface area contributed by atoms with Crippen LogP contribution in [0.15, 0.2) is 0 Å². The maximum atomic E-state index is 12.2. The minimum Gasteiger partial charge on any atom is -0.353 e. The molecular formula is C13H24N2O2. The fraction of sp³-hybridized carbons (Fsp3) is 0.846. The Morgan fingerprint density at radius 3 is 2.53 bits per heavy atom. The lowest BCUT2D eigenvalue weighted by Crippen LogP contribution is -2.59. The number of carbonyl (C=O) groups is 2. The second-order valence-corrected chi connectivity index (χ2v) is 6.30. The molecule has 1 heterocycles. The van der Waals surface area contributed by atoms with E-state index in [9.17, 15) is 9.59 Å². The number of amides is 2. The van der Waals surface area contributed by atoms with Crippen LogP contribution in [0.2, 0.25) is 0 Å². The van der Waals surface area contributed by atoms with Gasteiger partial charge >= 0.3 is 0 Å². The molecule has 0 aromatic heterocycles. The fourth-order valence-electron chi connectivity index (χ4n) is 2.18. The van der Waals surface area contributed by atoms with Gasteiger partial charge in [0, 0.05) is 19.5 Å². The molecule has 0 aromatic rings. The molecule has 98 valence electrons. The lowest BCUT2D eigenvalue weighted by molar-refractivity contribution is -0.146. The molecular weight excluding hydrogens is 216 g/mol. The van der Waals surface area contributed by atoms with Crippen LogP contribution in [0.5, 0.6) is 0 Å². The number of nitrogens with zero attached hydrogens (tertiary/aromatic N) is 1. The molecule has 0 aliphatic carbocycles. The van der Waals surface area contributed by atoms with E-state index in [1.807, 2.05) is 34.6 Å². The summed E-state index contributed by atoms with van der Waals surface area (Å²) in [6, 6.07) is -0.307. The summed E-state index contributed by atoms with van der Waals surface area (Å²) in [5.74, 6) is 0.221. The standard InChI is InChI=1S/C13H24N2O2/c1-9(2)11-12(17)14-6-7-15(11)10(16)8-13(3,4)5/h9,11H,6-8H2,1-5H3,(H,14,17). The van der Waals surface area contributed by atoms with Gasteiger partial charge in [-0.3, -0.25) is 9.59 Å². The third kappa shape index (κ3) is 3.72. The molecule has 0 saturated carbocycles. The summed E-state index contributed by atoms with van der Waals surface area (Å²) in [4.78, 5) is 25.8. The smallest absolute Gasteiger partial charge is 0.243 e. The van der Waals surface area contributed by atoms with Gasteiger partial charge in [-0.25, -0.2) is 0 Å². The van der Waals surface area contributed by atoms with E-state index < -0.39 is 0 Å². The first-order valence-electron chi connectivity index (χ1n) is 6.29. The molecule has 0 bridgehead atoms. The second-order valence-electron chi connectivity index (χ2n) is 6.30. The summed E-state index contributed by atoms with van der Waals surface area (Å²) in [5.41, 5.74) is -0.0352. The number of rotatable bonds is 2. The van der Waals surface area contributed by atoms with Crippen molar-refractivity contribution >= 4 is 11.8 Å². The number of hydrogen-bond acceptors (Lipinski definition) is 2. The first-order valence-corrected chi connectivity index (χ1v) is 6.29. The highest BCUT2D eigenvalue weighted by Gasteiger charge is 2.36. The van der Waals surface area contributed by atoms with E-state index in [2.05, 4.69) is 5.32 Å². The second kappa shape index (κ2) is 5.07. The zero-order valence-corrected chi connectivity index (χ0v) is 11.5. The molecule has 1 saturated heterocycles. The van der Waals surface area contributed by atoms with Crippen LogP contribution in [0.4, 0.5) is 0 Å². The Balaban J connectivity index is 2.79. The number of nitrogens with one attached hydrogen (secondary N) is 1. The molecule has 17 heavy (non-hydrogen) atoms. The normalized spacial score (nSPS) is 21.6. The Hall–Kier alpha value is -1.06. The van der Waals surface area contributed by atoms with Crippen molar-refractivity contribution in [2.45, 2.75) is 47.1 Å². The molecule has 1 N–H and O–H groups in total. The Bertz CT molecular complexity index is 305. The van der Waals surface area contributed by atoms with Gasteiger partial charge in [0.2, 0.25) is 11.8 Å². The van der Waals surface area contributed by atoms with E-state index >= 15 is 0 Å². The van der Waals surface area contributed by atoms with E-state index in [0.29, 0.717) is 19.5 Å². The summed E-state index contributed by atoms with van der Waals surface area (Å²) >= 11 is 0. The Kier molecular flexibility index (Phi) is 4.17. The van der Waals surface area contributed by atoms with Crippen LogP contribution < -0.4 is 5.32 Å². The van der Waals surface area contributed by atoms with E-state index in [1.54, 1.807) is 4.90 Å². The zero-order chi connectivity index (χ0) is 13.2. The molecule has 1 atom stereocenters. The maximum absolute atomic E-state index is 12.2. The molecule has 1 unspecified atom stereocenters. The fourth-order valence-corrected chi connectivity index (χ4v) is 2.18. The third-order valence-electron chi connectivity index (χ3n) is 2.89. The van der Waals surface area contributed by atoms with Gasteiger partial charge in [-0.05, 0) is 11.3 Å². The Morgan fingerprint density at radius 1 is 1.47 bits per heavy atom. The minimum atomic E-state index is -0.307. The SMILES string of the molecule is CC(C)C1C(=O)NCCN1C(=O)CC(C)(C)C. The average molecular weight is 240 g/mol. The van der Waals surface area contributed by atoms with Gasteiger partial charge in [0.05, 0.1) is 0 Å². The highest BCUT2D eigenvalue weighted by atomic mass is 16.2. The molecule has 2 amide bonds. The van der Waals surface area contributed by atoms with Crippen molar-refractivity contribution in [3.05, 3.63) is 0 Å². The molecule has 0 aromatic carbocycles. The monoisotopic (exact) mass is 240 g/mol. The van der Waals surface area contributed by atoms with Crippen LogP contribution in [-0.2, 0) is 9.59 Å². The molecule has 4 nitrogen and oxygen atoms in total. The van der Waals surface area contributed by atoms with E-state index in [1.165, 1.54) is 0 Å². The van der Waals surface area contributed by atoms with Crippen LogP contribution in [-0.4, -0.2) is 35.8 Å². The van der Waals surface area contributed by atoms with E-state index in [-0.39, 0.29) is 29.2 Å². The summed E-state index contributed by atoms with van der Waals surface area (Å²) in [6.45, 7) is 11.3. The average Bonchev–Trinajstić information content (AvgIpc) is 2.13. The first kappa shape index (κ1) is 14.0. The highest BCUT2D eigenvalue weighted by Crippen LogP contribution is 2.23. The number of piperazine rings is 1. The van der Waals surface area contributed by atoms with Gasteiger partial charge in [-0.2, -0.15) is 0 Å². The van der Waals surface area contributed by atoms with E-state index in [0.717, 1.165) is 0 Å². The van der Waals surface area contributed by atoms with Gasteiger partial charge in [0.25, 0.3) is 0 Å². The van der Waals surface area contributed by atoms with Crippen molar-refractivity contribution in [2.75, 3.05) is 13.1 Å². The predicted octanol–water partition coefficient (Wildman–Crippen LogP) is 1.41. The van der Waals surface area contributed by atoms with Crippen LogP contribution in [0.3, 0.4) is 0 Å². The largest absolute Gasteiger partial charge is 0.353 e. The minimum absolute atomic E-state index is 0.0199. The molecule has 1 rings (SSSR count). The van der Waals surface area contributed by atoms with E-state index in [4.69, 9.17) is 0 Å². The Morgan fingerprint density at radius 2 is 2.06 bits per heavy atom. The summed E-state index contributed by atoms with van der Waals surface area (Å²) in [6.07, 6.45) is 0.490. The summed E-state index contributed by atoms with van der Waals surface area (Å²) < 4.78 is 0. The summed E-state index contributed by atoms with van der Waals surface area (Å²) in [7, 11) is 0. The number of carbonyl (C=O) groups excluding carboxylic acids is 2. The lowest BCUT2D eigenvalue weighted by atomic mass is 9.90. The van der Waals surface area contributed by atoms with Crippen LogP contribution in [0, 0.1) is 11.3 Å². The van der Waals surface area contributed by atoms with Gasteiger partial charge in [0.1, 0.15) is 6.04 Å². The van der Waals surface area contributed by atoms with Gasteiger partial charge in [-0.15, -0.1) is 0 Å². The van der Waals surface area contributed by atoms with Gasteiger partial charge in [0.15, 0.2) is 0 Å². The van der Waals surface area contributed by atoms with Crippen molar-refractivity contribution < 1.29 is 9.59 Å². The van der Waals surface area contributed by atoms with Crippen molar-refractivity contribution in [3.63, 3.8) is 0 Å². The third-order valence-corrected chi connectivity index (χ3v) is 2.89. The first-order chi connectivity index (χ1) is 7.72. The van der Waals surface area contributed by atoms with Crippen LogP contribution in [0.1, 0.15) is 41.0 Å². The highest BCUT2D eigenvalue weighted by molar-refractivity contribution is 5.89. The van der Waals surface area contributed by atoms with Crippen LogP contribution >= 0.6 is 0 Å². The maximum Gasteiger partial charge on any atom is 0.243 e. The molecule has 0 spiro atoms. The number of hydrogen-bond donors (Lipinski definition) is 1. The van der Waals surface area contributed by atoms with Crippen molar-refractivity contribution in [3.8, 4) is 0 Å². The summed E-state index contributed by atoms with van der Waals surface area (Å²) in [5, 5.41) is 2.83. The molecule has 1 fully saturated rings. The topological polar surface area (TPSA) is 49.4 Å². The van der Waals surface area contributed by atoms with Crippen molar-refractivity contribution in [1.29, 1.82) is 0 Å². The molecule has 1 aliphatic rings. The van der Waals surface area contributed by atoms with Crippen LogP contribution in [0.25, 0.3) is 0 Å². The lowest BCUT2D eigenvalue weighted by Gasteiger charge is -2.38. The Labute approximate surface area is 104 Å². The van der Waals surface area contributed by atoms with Crippen molar-refractivity contribution in [1.82, 2.24) is 10.2 Å². The molecule has 0 radical (unpaired) electrons. The van der Waals surface area contributed by atoms with Gasteiger partial charge < -0.3 is 10.2 Å². The van der Waals surface area contributed by atoms with Crippen molar-refractivity contribution in [2.24, 2.45) is 11.3 Å². The zero-order valence-electron chi connectivity index (χ0n) is 11.5. The van der Waals surface area contributed by atoms with Gasteiger partial charge in [-0.1, -0.05) is 34.6 Å². The molecule has 4 heteroatoms. The quantitative estimate of drug-likeness (QED) is 0.793. The predicted molar refractivity (Wildman–Crippen MR) is 67.4 cm³/mol.